The number of halogens is 2. The minimum absolute atomic E-state index is 0.0668. The van der Waals surface area contributed by atoms with Gasteiger partial charge in [-0.05, 0) is 24.3 Å². The quantitative estimate of drug-likeness (QED) is 0.559. The van der Waals surface area contributed by atoms with E-state index in [1.807, 2.05) is 18.2 Å². The molecule has 27 heavy (non-hydrogen) atoms. The van der Waals surface area contributed by atoms with Gasteiger partial charge >= 0.3 is 0 Å². The number of nitrogens with one attached hydrogen (secondary N) is 1. The van der Waals surface area contributed by atoms with Crippen LogP contribution in [0.15, 0.2) is 42.6 Å². The van der Waals surface area contributed by atoms with E-state index in [1.54, 1.807) is 7.11 Å². The van der Waals surface area contributed by atoms with Gasteiger partial charge in [0, 0.05) is 6.07 Å². The Labute approximate surface area is 156 Å². The molecular formula is C18H13F2N5OS. The molecule has 0 fully saturated rings. The Morgan fingerprint density at radius 2 is 1.93 bits per heavy atom. The summed E-state index contributed by atoms with van der Waals surface area (Å²) in [5.74, 6) is -0.519. The highest BCUT2D eigenvalue weighted by molar-refractivity contribution is 7.18. The second kappa shape index (κ2) is 7.20. The standard InChI is InChI=1S/C18H13F2N5OS/c1-26-10-5-6-15-13(7-10)23-16(27-15)9-21-18-24-14(8-22-25-18)17-11(19)3-2-4-12(17)20/h2-8H,9H2,1H3,(H,21,24,25). The van der Waals surface area contributed by atoms with Crippen LogP contribution in [0.25, 0.3) is 21.5 Å². The Morgan fingerprint density at radius 1 is 1.11 bits per heavy atom. The van der Waals surface area contributed by atoms with Gasteiger partial charge in [-0.1, -0.05) is 6.07 Å². The summed E-state index contributed by atoms with van der Waals surface area (Å²) in [6.45, 7) is 0.354. The summed E-state index contributed by atoms with van der Waals surface area (Å²) in [4.78, 5) is 8.68. The van der Waals surface area contributed by atoms with Crippen LogP contribution in [0.3, 0.4) is 0 Å². The number of anilines is 1. The average Bonchev–Trinajstić information content (AvgIpc) is 3.08. The van der Waals surface area contributed by atoms with Crippen molar-refractivity contribution >= 4 is 27.5 Å². The van der Waals surface area contributed by atoms with Crippen LogP contribution in [0.4, 0.5) is 14.7 Å². The maximum atomic E-state index is 13.9. The summed E-state index contributed by atoms with van der Waals surface area (Å²) in [7, 11) is 1.60. The number of ether oxygens (including phenoxy) is 1. The van der Waals surface area contributed by atoms with Gasteiger partial charge in [0.2, 0.25) is 5.95 Å². The van der Waals surface area contributed by atoms with E-state index in [9.17, 15) is 8.78 Å². The monoisotopic (exact) mass is 385 g/mol. The SMILES string of the molecule is COc1ccc2sc(CNc3nncc(-c4c(F)cccc4F)n3)nc2c1. The molecule has 136 valence electrons. The zero-order chi connectivity index (χ0) is 18.8. The Hall–Kier alpha value is -3.20. The molecule has 6 nitrogen and oxygen atoms in total. The number of aromatic nitrogens is 4. The summed E-state index contributed by atoms with van der Waals surface area (Å²) in [5, 5.41) is 11.4. The van der Waals surface area contributed by atoms with Crippen molar-refractivity contribution in [2.45, 2.75) is 6.54 Å². The Bertz CT molecular complexity index is 1100. The first-order chi connectivity index (χ1) is 13.1. The van der Waals surface area contributed by atoms with E-state index in [0.717, 1.165) is 21.0 Å². The number of hydrogen-bond donors (Lipinski definition) is 1. The largest absolute Gasteiger partial charge is 0.497 e. The first-order valence-corrected chi connectivity index (χ1v) is 8.77. The van der Waals surface area contributed by atoms with Gasteiger partial charge in [0.25, 0.3) is 0 Å². The molecular weight excluding hydrogens is 372 g/mol. The smallest absolute Gasteiger partial charge is 0.243 e. The first kappa shape index (κ1) is 17.2. The summed E-state index contributed by atoms with van der Waals surface area (Å²) < 4.78 is 34.1. The maximum absolute atomic E-state index is 13.9. The molecule has 0 atom stereocenters. The lowest BCUT2D eigenvalue weighted by atomic mass is 10.1. The highest BCUT2D eigenvalue weighted by atomic mass is 32.1. The van der Waals surface area contributed by atoms with E-state index in [2.05, 4.69) is 25.5 Å². The normalized spacial score (nSPS) is 10.9. The van der Waals surface area contributed by atoms with Crippen molar-refractivity contribution in [3.05, 3.63) is 59.2 Å². The van der Waals surface area contributed by atoms with Gasteiger partial charge in [-0.25, -0.2) is 18.7 Å². The van der Waals surface area contributed by atoms with Crippen LogP contribution >= 0.6 is 11.3 Å². The van der Waals surface area contributed by atoms with Crippen LogP contribution in [-0.4, -0.2) is 27.3 Å². The second-order valence-electron chi connectivity index (χ2n) is 5.56. The van der Waals surface area contributed by atoms with Crippen molar-refractivity contribution < 1.29 is 13.5 Å². The molecule has 4 rings (SSSR count). The van der Waals surface area contributed by atoms with Crippen LogP contribution < -0.4 is 10.1 Å². The fourth-order valence-corrected chi connectivity index (χ4v) is 3.44. The molecule has 9 heteroatoms. The zero-order valence-corrected chi connectivity index (χ0v) is 14.9. The van der Waals surface area contributed by atoms with Crippen molar-refractivity contribution in [1.29, 1.82) is 0 Å². The number of rotatable bonds is 5. The third kappa shape index (κ3) is 3.54. The van der Waals surface area contributed by atoms with Crippen molar-refractivity contribution in [3.8, 4) is 17.0 Å². The highest BCUT2D eigenvalue weighted by Gasteiger charge is 2.14. The number of methoxy groups -OCH3 is 1. The minimum Gasteiger partial charge on any atom is -0.497 e. The summed E-state index contributed by atoms with van der Waals surface area (Å²) in [6.07, 6.45) is 1.22. The fraction of sp³-hybridized carbons (Fsp3) is 0.111. The van der Waals surface area contributed by atoms with E-state index in [4.69, 9.17) is 4.74 Å². The molecule has 0 bridgehead atoms. The third-order valence-electron chi connectivity index (χ3n) is 3.81. The molecule has 1 N–H and O–H groups in total. The Morgan fingerprint density at radius 3 is 2.70 bits per heavy atom. The zero-order valence-electron chi connectivity index (χ0n) is 14.1. The number of nitrogens with zero attached hydrogens (tertiary/aromatic N) is 4. The molecule has 0 unspecified atom stereocenters. The fourth-order valence-electron chi connectivity index (χ4n) is 2.55. The summed E-state index contributed by atoms with van der Waals surface area (Å²) >= 11 is 1.52. The third-order valence-corrected chi connectivity index (χ3v) is 4.85. The first-order valence-electron chi connectivity index (χ1n) is 7.95. The van der Waals surface area contributed by atoms with Gasteiger partial charge in [-0.15, -0.1) is 16.4 Å². The molecule has 4 aromatic rings. The molecule has 0 aliphatic heterocycles. The van der Waals surface area contributed by atoms with Crippen LogP contribution in [0.5, 0.6) is 5.75 Å². The molecule has 0 spiro atoms. The van der Waals surface area contributed by atoms with Crippen molar-refractivity contribution in [2.24, 2.45) is 0 Å². The molecule has 0 aliphatic rings. The molecule has 0 radical (unpaired) electrons. The molecule has 0 saturated carbocycles. The number of hydrogen-bond acceptors (Lipinski definition) is 7. The summed E-state index contributed by atoms with van der Waals surface area (Å²) in [6, 6.07) is 9.30. The van der Waals surface area contributed by atoms with Gasteiger partial charge in [0.1, 0.15) is 28.1 Å². The number of thiazole rings is 1. The van der Waals surface area contributed by atoms with E-state index in [-0.39, 0.29) is 17.2 Å². The molecule has 2 aromatic heterocycles. The predicted octanol–water partition coefficient (Wildman–Crippen LogP) is 4.05. The molecule has 0 aliphatic carbocycles. The average molecular weight is 385 g/mol. The molecule has 2 heterocycles. The lowest BCUT2D eigenvalue weighted by molar-refractivity contribution is 0.415. The lowest BCUT2D eigenvalue weighted by Gasteiger charge is -2.06. The van der Waals surface area contributed by atoms with Crippen molar-refractivity contribution in [2.75, 3.05) is 12.4 Å². The molecule has 2 aromatic carbocycles. The maximum Gasteiger partial charge on any atom is 0.243 e. The predicted molar refractivity (Wildman–Crippen MR) is 98.7 cm³/mol. The molecule has 0 amide bonds. The number of benzene rings is 2. The van der Waals surface area contributed by atoms with Crippen LogP contribution in [0.1, 0.15) is 5.01 Å². The van der Waals surface area contributed by atoms with Crippen molar-refractivity contribution in [1.82, 2.24) is 20.2 Å². The second-order valence-corrected chi connectivity index (χ2v) is 6.67. The number of fused-ring (bicyclic) bond motifs is 1. The van der Waals surface area contributed by atoms with Gasteiger partial charge in [-0.3, -0.25) is 0 Å². The van der Waals surface area contributed by atoms with Gasteiger partial charge < -0.3 is 10.1 Å². The topological polar surface area (TPSA) is 72.8 Å². The Balaban J connectivity index is 1.55. The van der Waals surface area contributed by atoms with Gasteiger partial charge in [0.05, 0.1) is 35.6 Å². The van der Waals surface area contributed by atoms with E-state index >= 15 is 0 Å². The molecule has 0 saturated heterocycles. The Kier molecular flexibility index (Phi) is 4.59. The van der Waals surface area contributed by atoms with E-state index < -0.39 is 11.6 Å². The van der Waals surface area contributed by atoms with Crippen LogP contribution in [0.2, 0.25) is 0 Å². The van der Waals surface area contributed by atoms with Gasteiger partial charge in [-0.2, -0.15) is 5.10 Å². The van der Waals surface area contributed by atoms with E-state index in [0.29, 0.717) is 6.54 Å². The summed E-state index contributed by atoms with van der Waals surface area (Å²) in [5.41, 5.74) is 0.664. The van der Waals surface area contributed by atoms with Crippen LogP contribution in [0, 0.1) is 11.6 Å². The van der Waals surface area contributed by atoms with Gasteiger partial charge in [0.15, 0.2) is 0 Å². The van der Waals surface area contributed by atoms with E-state index in [1.165, 1.54) is 35.7 Å². The minimum atomic E-state index is -0.707. The lowest BCUT2D eigenvalue weighted by Crippen LogP contribution is -2.05. The van der Waals surface area contributed by atoms with Crippen LogP contribution in [-0.2, 0) is 6.54 Å². The highest BCUT2D eigenvalue weighted by Crippen LogP contribution is 2.27. The van der Waals surface area contributed by atoms with Crippen molar-refractivity contribution in [3.63, 3.8) is 0 Å².